The molecule has 1 aliphatic heterocycles. The summed E-state index contributed by atoms with van der Waals surface area (Å²) in [6, 6.07) is 5.30. The third-order valence-corrected chi connectivity index (χ3v) is 3.91. The second kappa shape index (κ2) is 7.26. The SMILES string of the molecule is CCCOc1cccc(N2CCC(CN)CC2)c1[N+](=O)[O-]. The van der Waals surface area contributed by atoms with E-state index in [0.717, 1.165) is 32.4 Å². The van der Waals surface area contributed by atoms with E-state index in [4.69, 9.17) is 10.5 Å². The number of nitro groups is 1. The van der Waals surface area contributed by atoms with E-state index in [2.05, 4.69) is 4.90 Å². The van der Waals surface area contributed by atoms with Gasteiger partial charge >= 0.3 is 5.69 Å². The average molecular weight is 293 g/mol. The normalized spacial score (nSPS) is 16.0. The molecule has 1 fully saturated rings. The Kier molecular flexibility index (Phi) is 5.38. The van der Waals surface area contributed by atoms with E-state index in [1.54, 1.807) is 12.1 Å². The molecule has 1 aromatic carbocycles. The van der Waals surface area contributed by atoms with E-state index < -0.39 is 0 Å². The molecule has 0 spiro atoms. The number of para-hydroxylation sites is 1. The molecule has 0 unspecified atom stereocenters. The van der Waals surface area contributed by atoms with Gasteiger partial charge < -0.3 is 15.4 Å². The Balaban J connectivity index is 2.24. The lowest BCUT2D eigenvalue weighted by molar-refractivity contribution is -0.385. The van der Waals surface area contributed by atoms with E-state index in [1.807, 2.05) is 13.0 Å². The number of anilines is 1. The van der Waals surface area contributed by atoms with Gasteiger partial charge in [-0.3, -0.25) is 10.1 Å². The third-order valence-electron chi connectivity index (χ3n) is 3.91. The lowest BCUT2D eigenvalue weighted by Crippen LogP contribution is -2.36. The average Bonchev–Trinajstić information content (AvgIpc) is 2.52. The number of nitrogens with two attached hydrogens (primary N) is 1. The molecule has 0 amide bonds. The minimum Gasteiger partial charge on any atom is -0.487 e. The van der Waals surface area contributed by atoms with Crippen LogP contribution in [0.3, 0.4) is 0 Å². The van der Waals surface area contributed by atoms with Crippen molar-refractivity contribution in [2.24, 2.45) is 11.7 Å². The zero-order valence-corrected chi connectivity index (χ0v) is 12.5. The molecule has 6 nitrogen and oxygen atoms in total. The van der Waals surface area contributed by atoms with Crippen molar-refractivity contribution in [3.05, 3.63) is 28.3 Å². The number of hydrogen-bond donors (Lipinski definition) is 1. The second-order valence-electron chi connectivity index (χ2n) is 5.40. The Morgan fingerprint density at radius 3 is 2.71 bits per heavy atom. The quantitative estimate of drug-likeness (QED) is 0.644. The van der Waals surface area contributed by atoms with Gasteiger partial charge in [-0.1, -0.05) is 13.0 Å². The Hall–Kier alpha value is -1.82. The van der Waals surface area contributed by atoms with Crippen molar-refractivity contribution >= 4 is 11.4 Å². The van der Waals surface area contributed by atoms with Crippen LogP contribution < -0.4 is 15.4 Å². The fourth-order valence-electron chi connectivity index (χ4n) is 2.69. The van der Waals surface area contributed by atoms with Gasteiger partial charge in [0.2, 0.25) is 0 Å². The first-order valence-corrected chi connectivity index (χ1v) is 7.52. The molecule has 1 saturated heterocycles. The van der Waals surface area contributed by atoms with Gasteiger partial charge in [-0.25, -0.2) is 0 Å². The van der Waals surface area contributed by atoms with Crippen molar-refractivity contribution in [1.29, 1.82) is 0 Å². The van der Waals surface area contributed by atoms with Crippen molar-refractivity contribution in [2.75, 3.05) is 31.1 Å². The van der Waals surface area contributed by atoms with Crippen LogP contribution in [-0.2, 0) is 0 Å². The molecule has 0 aromatic heterocycles. The molecule has 0 radical (unpaired) electrons. The summed E-state index contributed by atoms with van der Waals surface area (Å²) in [5.74, 6) is 0.889. The third kappa shape index (κ3) is 3.64. The summed E-state index contributed by atoms with van der Waals surface area (Å²) < 4.78 is 5.53. The smallest absolute Gasteiger partial charge is 0.333 e. The molecule has 2 N–H and O–H groups in total. The number of piperidine rings is 1. The molecule has 6 heteroatoms. The number of nitro benzene ring substituents is 1. The molecule has 0 bridgehead atoms. The van der Waals surface area contributed by atoms with Crippen molar-refractivity contribution in [1.82, 2.24) is 0 Å². The minimum atomic E-state index is -0.338. The summed E-state index contributed by atoms with van der Waals surface area (Å²) in [7, 11) is 0. The molecule has 0 atom stereocenters. The predicted molar refractivity (Wildman–Crippen MR) is 82.9 cm³/mol. The van der Waals surface area contributed by atoms with Gasteiger partial charge in [0, 0.05) is 13.1 Å². The molecule has 0 saturated carbocycles. The molecular formula is C15H23N3O3. The van der Waals surface area contributed by atoms with Crippen molar-refractivity contribution in [3.63, 3.8) is 0 Å². The lowest BCUT2D eigenvalue weighted by Gasteiger charge is -2.32. The summed E-state index contributed by atoms with van der Waals surface area (Å²) in [5.41, 5.74) is 6.43. The number of ether oxygens (including phenoxy) is 1. The topological polar surface area (TPSA) is 81.6 Å². The van der Waals surface area contributed by atoms with E-state index in [-0.39, 0.29) is 10.6 Å². The summed E-state index contributed by atoms with van der Waals surface area (Å²) in [6.45, 7) is 4.77. The highest BCUT2D eigenvalue weighted by molar-refractivity contribution is 5.70. The predicted octanol–water partition coefficient (Wildman–Crippen LogP) is 2.56. The van der Waals surface area contributed by atoms with E-state index >= 15 is 0 Å². The van der Waals surface area contributed by atoms with Gasteiger partial charge in [0.15, 0.2) is 5.75 Å². The molecule has 1 aromatic rings. The maximum atomic E-state index is 11.4. The van der Waals surface area contributed by atoms with Gasteiger partial charge in [0.1, 0.15) is 5.69 Å². The summed E-state index contributed by atoms with van der Waals surface area (Å²) in [4.78, 5) is 13.2. The minimum absolute atomic E-state index is 0.0807. The first kappa shape index (κ1) is 15.6. The molecule has 2 rings (SSSR count). The number of hydrogen-bond acceptors (Lipinski definition) is 5. The molecule has 0 aliphatic carbocycles. The Morgan fingerprint density at radius 1 is 1.43 bits per heavy atom. The molecular weight excluding hydrogens is 270 g/mol. The molecule has 1 aliphatic rings. The summed E-state index contributed by atoms with van der Waals surface area (Å²) in [6.07, 6.45) is 2.78. The zero-order chi connectivity index (χ0) is 15.2. The highest BCUT2D eigenvalue weighted by atomic mass is 16.6. The number of benzene rings is 1. The molecule has 21 heavy (non-hydrogen) atoms. The largest absolute Gasteiger partial charge is 0.487 e. The zero-order valence-electron chi connectivity index (χ0n) is 12.5. The van der Waals surface area contributed by atoms with Crippen LogP contribution in [0.2, 0.25) is 0 Å². The van der Waals surface area contributed by atoms with Gasteiger partial charge in [0.25, 0.3) is 0 Å². The van der Waals surface area contributed by atoms with Gasteiger partial charge in [0.05, 0.1) is 11.5 Å². The highest BCUT2D eigenvalue weighted by Crippen LogP contribution is 2.38. The first-order chi connectivity index (χ1) is 10.2. The molecule has 116 valence electrons. The Bertz CT molecular complexity index is 485. The van der Waals surface area contributed by atoms with Crippen LogP contribution >= 0.6 is 0 Å². The van der Waals surface area contributed by atoms with Crippen LogP contribution in [0.15, 0.2) is 18.2 Å². The van der Waals surface area contributed by atoms with Crippen molar-refractivity contribution < 1.29 is 9.66 Å². The van der Waals surface area contributed by atoms with E-state index in [9.17, 15) is 10.1 Å². The number of nitrogens with zero attached hydrogens (tertiary/aromatic N) is 2. The van der Waals surface area contributed by atoms with Crippen LogP contribution in [-0.4, -0.2) is 31.2 Å². The van der Waals surface area contributed by atoms with Crippen LogP contribution in [0.1, 0.15) is 26.2 Å². The lowest BCUT2D eigenvalue weighted by atomic mass is 9.96. The van der Waals surface area contributed by atoms with Gasteiger partial charge in [-0.2, -0.15) is 0 Å². The monoisotopic (exact) mass is 293 g/mol. The van der Waals surface area contributed by atoms with E-state index in [1.165, 1.54) is 0 Å². The molecule has 1 heterocycles. The number of rotatable bonds is 6. The van der Waals surface area contributed by atoms with Crippen molar-refractivity contribution in [3.8, 4) is 5.75 Å². The van der Waals surface area contributed by atoms with Crippen molar-refractivity contribution in [2.45, 2.75) is 26.2 Å². The van der Waals surface area contributed by atoms with Gasteiger partial charge in [-0.05, 0) is 43.9 Å². The summed E-state index contributed by atoms with van der Waals surface area (Å²) >= 11 is 0. The van der Waals surface area contributed by atoms with Crippen LogP contribution in [0.5, 0.6) is 5.75 Å². The van der Waals surface area contributed by atoms with E-state index in [0.29, 0.717) is 30.5 Å². The van der Waals surface area contributed by atoms with Crippen LogP contribution in [0, 0.1) is 16.0 Å². The maximum absolute atomic E-state index is 11.4. The fourth-order valence-corrected chi connectivity index (χ4v) is 2.69. The fraction of sp³-hybridized carbons (Fsp3) is 0.600. The van der Waals surface area contributed by atoms with Gasteiger partial charge in [-0.15, -0.1) is 0 Å². The Labute approximate surface area is 125 Å². The first-order valence-electron chi connectivity index (χ1n) is 7.52. The van der Waals surface area contributed by atoms with Crippen LogP contribution in [0.25, 0.3) is 0 Å². The highest BCUT2D eigenvalue weighted by Gasteiger charge is 2.27. The maximum Gasteiger partial charge on any atom is 0.333 e. The summed E-state index contributed by atoms with van der Waals surface area (Å²) in [5, 5.41) is 11.4. The van der Waals surface area contributed by atoms with Crippen LogP contribution in [0.4, 0.5) is 11.4 Å². The Morgan fingerprint density at radius 2 is 2.14 bits per heavy atom. The standard InChI is InChI=1S/C15H23N3O3/c1-2-10-21-14-5-3-4-13(15(14)18(19)20)17-8-6-12(11-16)7-9-17/h3-5,12H,2,6-11,16H2,1H3. The second-order valence-corrected chi connectivity index (χ2v) is 5.40.